The number of carbonyl (C=O) groups excluding carboxylic acids is 1. The number of aromatic nitrogens is 3. The van der Waals surface area contributed by atoms with Crippen LogP contribution < -0.4 is 5.32 Å². The van der Waals surface area contributed by atoms with Crippen LogP contribution in [0, 0.1) is 0 Å². The Morgan fingerprint density at radius 3 is 2.61 bits per heavy atom. The molecular formula is C22H19ClN4O. The predicted molar refractivity (Wildman–Crippen MR) is 111 cm³/mol. The van der Waals surface area contributed by atoms with Gasteiger partial charge in [-0.2, -0.15) is 5.10 Å². The van der Waals surface area contributed by atoms with Crippen molar-refractivity contribution in [2.24, 2.45) is 7.05 Å². The van der Waals surface area contributed by atoms with Crippen LogP contribution in [0.2, 0.25) is 5.02 Å². The molecule has 6 heteroatoms. The van der Waals surface area contributed by atoms with Gasteiger partial charge in [-0.05, 0) is 37.5 Å². The lowest BCUT2D eigenvalue weighted by molar-refractivity contribution is 0.101. The van der Waals surface area contributed by atoms with Gasteiger partial charge >= 0.3 is 0 Å². The number of anilines is 1. The molecule has 2 aromatic heterocycles. The fourth-order valence-electron chi connectivity index (χ4n) is 4.04. The minimum atomic E-state index is -0.226. The molecule has 4 aromatic rings. The lowest BCUT2D eigenvalue weighted by Gasteiger charge is -2.12. The smallest absolute Gasteiger partial charge is 0.275 e. The highest BCUT2D eigenvalue weighted by Crippen LogP contribution is 2.33. The summed E-state index contributed by atoms with van der Waals surface area (Å²) in [5.74, 6) is 0.514. The second-order valence-electron chi connectivity index (χ2n) is 7.07. The zero-order chi connectivity index (χ0) is 19.3. The van der Waals surface area contributed by atoms with Gasteiger partial charge in [0.2, 0.25) is 0 Å². The van der Waals surface area contributed by atoms with Gasteiger partial charge in [0.15, 0.2) is 0 Å². The highest BCUT2D eigenvalue weighted by Gasteiger charge is 2.27. The summed E-state index contributed by atoms with van der Waals surface area (Å²) in [4.78, 5) is 13.2. The molecule has 0 unspecified atom stereocenters. The molecule has 0 aliphatic heterocycles. The molecule has 0 atom stereocenters. The monoisotopic (exact) mass is 390 g/mol. The summed E-state index contributed by atoms with van der Waals surface area (Å²) in [6, 6.07) is 17.6. The van der Waals surface area contributed by atoms with Crippen molar-refractivity contribution in [3.05, 3.63) is 76.6 Å². The van der Waals surface area contributed by atoms with Gasteiger partial charge in [-0.1, -0.05) is 48.0 Å². The standard InChI is InChI=1S/C22H19ClN4O/c1-26-18-13-6-5-10-16(18)19(23)20(26)22(28)24-21-15-11-7-12-17(15)25-27(21)14-8-3-2-4-9-14/h2-6,8-10,13H,7,11-12H2,1H3,(H,24,28). The Bertz CT molecular complexity index is 1170. The number of rotatable bonds is 3. The number of benzene rings is 2. The van der Waals surface area contributed by atoms with Gasteiger partial charge in [-0.3, -0.25) is 4.79 Å². The molecule has 5 rings (SSSR count). The Kier molecular flexibility index (Phi) is 3.98. The fraction of sp³-hybridized carbons (Fsp3) is 0.182. The highest BCUT2D eigenvalue weighted by atomic mass is 35.5. The van der Waals surface area contributed by atoms with Gasteiger partial charge in [0.25, 0.3) is 5.91 Å². The second kappa shape index (κ2) is 6.53. The Morgan fingerprint density at radius 2 is 1.82 bits per heavy atom. The van der Waals surface area contributed by atoms with E-state index in [1.54, 1.807) is 0 Å². The molecule has 0 spiro atoms. The Balaban J connectivity index is 1.60. The van der Waals surface area contributed by atoms with Gasteiger partial charge in [0.1, 0.15) is 11.5 Å². The summed E-state index contributed by atoms with van der Waals surface area (Å²) < 4.78 is 3.68. The van der Waals surface area contributed by atoms with Gasteiger partial charge in [-0.15, -0.1) is 0 Å². The van der Waals surface area contributed by atoms with E-state index < -0.39 is 0 Å². The molecule has 5 nitrogen and oxygen atoms in total. The fourth-order valence-corrected chi connectivity index (χ4v) is 4.41. The maximum Gasteiger partial charge on any atom is 0.275 e. The third-order valence-corrected chi connectivity index (χ3v) is 5.78. The van der Waals surface area contributed by atoms with Crippen LogP contribution in [0.5, 0.6) is 0 Å². The molecule has 0 radical (unpaired) electrons. The second-order valence-corrected chi connectivity index (χ2v) is 7.45. The van der Waals surface area contributed by atoms with Crippen LogP contribution in [0.1, 0.15) is 28.2 Å². The van der Waals surface area contributed by atoms with Crippen LogP contribution in [-0.4, -0.2) is 20.3 Å². The molecule has 0 bridgehead atoms. The number of carbonyl (C=O) groups is 1. The summed E-state index contributed by atoms with van der Waals surface area (Å²) in [5, 5.41) is 9.21. The van der Waals surface area contributed by atoms with E-state index in [-0.39, 0.29) is 5.91 Å². The van der Waals surface area contributed by atoms with E-state index >= 15 is 0 Å². The van der Waals surface area contributed by atoms with Crippen LogP contribution in [-0.2, 0) is 19.9 Å². The van der Waals surface area contributed by atoms with Gasteiger partial charge in [-0.25, -0.2) is 4.68 Å². The molecule has 1 aliphatic rings. The van der Waals surface area contributed by atoms with Crippen molar-refractivity contribution in [3.8, 4) is 5.69 Å². The molecule has 0 saturated heterocycles. The van der Waals surface area contributed by atoms with Crippen LogP contribution in [0.25, 0.3) is 16.6 Å². The summed E-state index contributed by atoms with van der Waals surface area (Å²) in [6.45, 7) is 0. The highest BCUT2D eigenvalue weighted by molar-refractivity contribution is 6.39. The predicted octanol–water partition coefficient (Wildman–Crippen LogP) is 4.76. The lowest BCUT2D eigenvalue weighted by atomic mass is 10.2. The Labute approximate surface area is 167 Å². The number of hydrogen-bond donors (Lipinski definition) is 1. The zero-order valence-corrected chi connectivity index (χ0v) is 16.2. The molecule has 2 heterocycles. The number of nitrogens with zero attached hydrogens (tertiary/aromatic N) is 3. The third-order valence-electron chi connectivity index (χ3n) is 5.40. The molecule has 1 aliphatic carbocycles. The Hall–Kier alpha value is -3.05. The van der Waals surface area contributed by atoms with E-state index in [1.165, 1.54) is 0 Å². The number of fused-ring (bicyclic) bond motifs is 2. The third kappa shape index (κ3) is 2.54. The van der Waals surface area contributed by atoms with E-state index in [2.05, 4.69) is 5.32 Å². The molecule has 0 saturated carbocycles. The number of amides is 1. The number of aryl methyl sites for hydroxylation is 2. The summed E-state index contributed by atoms with van der Waals surface area (Å²) in [5.41, 5.74) is 4.49. The molecule has 2 aromatic carbocycles. The van der Waals surface area contributed by atoms with Crippen molar-refractivity contribution in [2.45, 2.75) is 19.3 Å². The first-order valence-corrected chi connectivity index (χ1v) is 9.73. The molecular weight excluding hydrogens is 372 g/mol. The van der Waals surface area contributed by atoms with Crippen molar-refractivity contribution < 1.29 is 4.79 Å². The molecule has 1 N–H and O–H groups in total. The summed E-state index contributed by atoms with van der Waals surface area (Å²) >= 11 is 6.57. The summed E-state index contributed by atoms with van der Waals surface area (Å²) in [7, 11) is 1.86. The molecule has 28 heavy (non-hydrogen) atoms. The van der Waals surface area contributed by atoms with Gasteiger partial charge in [0, 0.05) is 23.5 Å². The van der Waals surface area contributed by atoms with Crippen molar-refractivity contribution >= 4 is 34.2 Å². The minimum Gasteiger partial charge on any atom is -0.338 e. The number of para-hydroxylation sites is 2. The topological polar surface area (TPSA) is 51.9 Å². The SMILES string of the molecule is Cn1c(C(=O)Nc2c3c(nn2-c2ccccc2)CCC3)c(Cl)c2ccccc21. The van der Waals surface area contributed by atoms with Crippen molar-refractivity contribution in [1.29, 1.82) is 0 Å². The first kappa shape index (κ1) is 17.1. The maximum atomic E-state index is 13.2. The van der Waals surface area contributed by atoms with Crippen LogP contribution >= 0.6 is 11.6 Å². The normalized spacial score (nSPS) is 13.1. The van der Waals surface area contributed by atoms with Crippen LogP contribution in [0.3, 0.4) is 0 Å². The quantitative estimate of drug-likeness (QED) is 0.548. The number of hydrogen-bond acceptors (Lipinski definition) is 2. The number of halogens is 1. The first-order valence-electron chi connectivity index (χ1n) is 9.35. The summed E-state index contributed by atoms with van der Waals surface area (Å²) in [6.07, 6.45) is 2.92. The average Bonchev–Trinajstić information content (AvgIpc) is 3.37. The van der Waals surface area contributed by atoms with E-state index in [9.17, 15) is 4.79 Å². The van der Waals surface area contributed by atoms with Crippen molar-refractivity contribution in [3.63, 3.8) is 0 Å². The Morgan fingerprint density at radius 1 is 1.07 bits per heavy atom. The van der Waals surface area contributed by atoms with E-state index in [4.69, 9.17) is 16.7 Å². The zero-order valence-electron chi connectivity index (χ0n) is 15.4. The van der Waals surface area contributed by atoms with E-state index in [0.29, 0.717) is 10.7 Å². The maximum absolute atomic E-state index is 13.2. The van der Waals surface area contributed by atoms with Crippen LogP contribution in [0.4, 0.5) is 5.82 Å². The average molecular weight is 391 g/mol. The van der Waals surface area contributed by atoms with E-state index in [1.807, 2.05) is 70.9 Å². The lowest BCUT2D eigenvalue weighted by Crippen LogP contribution is -2.19. The van der Waals surface area contributed by atoms with Gasteiger partial charge < -0.3 is 9.88 Å². The molecule has 0 fully saturated rings. The largest absolute Gasteiger partial charge is 0.338 e. The number of nitrogens with one attached hydrogen (secondary N) is 1. The van der Waals surface area contributed by atoms with Crippen molar-refractivity contribution in [1.82, 2.24) is 14.3 Å². The van der Waals surface area contributed by atoms with E-state index in [0.717, 1.165) is 52.9 Å². The molecule has 140 valence electrons. The van der Waals surface area contributed by atoms with Crippen molar-refractivity contribution in [2.75, 3.05) is 5.32 Å². The van der Waals surface area contributed by atoms with Crippen LogP contribution in [0.15, 0.2) is 54.6 Å². The van der Waals surface area contributed by atoms with Gasteiger partial charge in [0.05, 0.1) is 16.4 Å². The minimum absolute atomic E-state index is 0.226. The molecule has 1 amide bonds. The first-order chi connectivity index (χ1) is 13.6.